The maximum absolute atomic E-state index is 11.9. The number of carbonyl (C=O) groups is 1. The number of carboxylic acids is 1. The SMILES string of the molecule is C=Cc1ccc(CN2CCC(C(N)(CCCCB(O)O)C(=O)O)CC2)cc1C=C. The van der Waals surface area contributed by atoms with E-state index in [1.807, 2.05) is 18.2 Å². The van der Waals surface area contributed by atoms with Crippen LogP contribution in [0.3, 0.4) is 0 Å². The van der Waals surface area contributed by atoms with E-state index in [1.165, 1.54) is 5.56 Å². The number of nitrogens with zero attached hydrogens (tertiary/aromatic N) is 1. The summed E-state index contributed by atoms with van der Waals surface area (Å²) in [5.41, 5.74) is 8.40. The minimum Gasteiger partial charge on any atom is -0.480 e. The number of unbranched alkanes of at least 4 members (excludes halogenated alkanes) is 1. The van der Waals surface area contributed by atoms with Gasteiger partial charge in [-0.05, 0) is 67.3 Å². The number of carboxylic acid groups (broad SMARTS) is 1. The van der Waals surface area contributed by atoms with Gasteiger partial charge in [-0.15, -0.1) is 0 Å². The molecule has 0 saturated carbocycles. The van der Waals surface area contributed by atoms with Gasteiger partial charge in [-0.1, -0.05) is 50.3 Å². The minimum atomic E-state index is -1.35. The molecular weight excluding hydrogens is 367 g/mol. The van der Waals surface area contributed by atoms with Crippen LogP contribution in [0.1, 0.15) is 48.8 Å². The lowest BCUT2D eigenvalue weighted by Crippen LogP contribution is -2.56. The highest BCUT2D eigenvalue weighted by molar-refractivity contribution is 6.40. The summed E-state index contributed by atoms with van der Waals surface area (Å²) in [6.07, 6.45) is 6.85. The number of nitrogens with two attached hydrogens (primary N) is 1. The molecule has 1 saturated heterocycles. The van der Waals surface area contributed by atoms with Crippen LogP contribution in [0, 0.1) is 5.92 Å². The Balaban J connectivity index is 1.93. The van der Waals surface area contributed by atoms with E-state index in [4.69, 9.17) is 15.8 Å². The quantitative estimate of drug-likeness (QED) is 0.336. The van der Waals surface area contributed by atoms with Crippen molar-refractivity contribution < 1.29 is 19.9 Å². The van der Waals surface area contributed by atoms with Gasteiger partial charge in [0, 0.05) is 6.54 Å². The molecule has 158 valence electrons. The number of rotatable bonds is 11. The highest BCUT2D eigenvalue weighted by Gasteiger charge is 2.42. The second-order valence-corrected chi connectivity index (χ2v) is 7.99. The third-order valence-corrected chi connectivity index (χ3v) is 6.01. The second-order valence-electron chi connectivity index (χ2n) is 7.99. The summed E-state index contributed by atoms with van der Waals surface area (Å²) in [6, 6.07) is 6.26. The third-order valence-electron chi connectivity index (χ3n) is 6.01. The Bertz CT molecular complexity index is 717. The van der Waals surface area contributed by atoms with E-state index in [2.05, 4.69) is 30.2 Å². The van der Waals surface area contributed by atoms with Crippen LogP contribution in [0.5, 0.6) is 0 Å². The zero-order chi connectivity index (χ0) is 21.4. The Labute approximate surface area is 173 Å². The van der Waals surface area contributed by atoms with E-state index in [-0.39, 0.29) is 12.2 Å². The van der Waals surface area contributed by atoms with Crippen molar-refractivity contribution in [2.24, 2.45) is 11.7 Å². The van der Waals surface area contributed by atoms with Gasteiger partial charge in [0.25, 0.3) is 0 Å². The molecule has 2 rings (SSSR count). The van der Waals surface area contributed by atoms with Crippen LogP contribution in [0.15, 0.2) is 31.4 Å². The van der Waals surface area contributed by atoms with Gasteiger partial charge in [0.1, 0.15) is 5.54 Å². The van der Waals surface area contributed by atoms with E-state index in [9.17, 15) is 9.90 Å². The van der Waals surface area contributed by atoms with Crippen LogP contribution in [-0.4, -0.2) is 51.8 Å². The molecule has 0 bridgehead atoms. The normalized spacial score (nSPS) is 17.5. The van der Waals surface area contributed by atoms with Gasteiger partial charge in [0.2, 0.25) is 0 Å². The number of likely N-dealkylation sites (tertiary alicyclic amines) is 1. The van der Waals surface area contributed by atoms with E-state index in [0.29, 0.717) is 19.3 Å². The van der Waals surface area contributed by atoms with Crippen LogP contribution in [0.25, 0.3) is 12.2 Å². The average Bonchev–Trinajstić information content (AvgIpc) is 2.71. The molecule has 1 aromatic carbocycles. The van der Waals surface area contributed by atoms with E-state index < -0.39 is 18.6 Å². The van der Waals surface area contributed by atoms with Gasteiger partial charge in [0.05, 0.1) is 0 Å². The van der Waals surface area contributed by atoms with Gasteiger partial charge in [-0.25, -0.2) is 0 Å². The molecule has 1 unspecified atom stereocenters. The molecule has 7 heteroatoms. The molecule has 5 N–H and O–H groups in total. The Morgan fingerprint density at radius 3 is 2.41 bits per heavy atom. The fraction of sp³-hybridized carbons (Fsp3) is 0.500. The van der Waals surface area contributed by atoms with Crippen LogP contribution in [0.4, 0.5) is 0 Å². The number of hydrogen-bond donors (Lipinski definition) is 4. The minimum absolute atomic E-state index is 0.0813. The van der Waals surface area contributed by atoms with Crippen LogP contribution < -0.4 is 5.73 Å². The van der Waals surface area contributed by atoms with Gasteiger partial charge >= 0.3 is 13.1 Å². The van der Waals surface area contributed by atoms with Gasteiger partial charge in [-0.2, -0.15) is 0 Å². The van der Waals surface area contributed by atoms with Crippen molar-refractivity contribution in [3.63, 3.8) is 0 Å². The Morgan fingerprint density at radius 2 is 1.86 bits per heavy atom. The molecule has 0 radical (unpaired) electrons. The van der Waals surface area contributed by atoms with Gasteiger partial charge < -0.3 is 20.9 Å². The lowest BCUT2D eigenvalue weighted by molar-refractivity contribution is -0.147. The first kappa shape index (κ1) is 23.4. The fourth-order valence-electron chi connectivity index (χ4n) is 4.18. The molecule has 0 spiro atoms. The van der Waals surface area contributed by atoms with Crippen molar-refractivity contribution in [1.82, 2.24) is 4.90 Å². The molecule has 1 aliphatic heterocycles. The lowest BCUT2D eigenvalue weighted by Gasteiger charge is -2.40. The zero-order valence-electron chi connectivity index (χ0n) is 17.1. The topological polar surface area (TPSA) is 107 Å². The van der Waals surface area contributed by atoms with Gasteiger partial charge in [-0.3, -0.25) is 9.69 Å². The molecule has 1 aromatic rings. The first-order valence-corrected chi connectivity index (χ1v) is 10.3. The van der Waals surface area contributed by atoms with Gasteiger partial charge in [0.15, 0.2) is 0 Å². The molecule has 29 heavy (non-hydrogen) atoms. The predicted molar refractivity (Wildman–Crippen MR) is 118 cm³/mol. The number of benzene rings is 1. The van der Waals surface area contributed by atoms with E-state index in [0.717, 1.165) is 43.6 Å². The summed E-state index contributed by atoms with van der Waals surface area (Å²) in [5, 5.41) is 27.6. The monoisotopic (exact) mass is 400 g/mol. The molecule has 6 nitrogen and oxygen atoms in total. The summed E-state index contributed by atoms with van der Waals surface area (Å²) in [4.78, 5) is 14.2. The molecule has 0 amide bonds. The van der Waals surface area contributed by atoms with Crippen molar-refractivity contribution in [2.75, 3.05) is 13.1 Å². The second kappa shape index (κ2) is 10.7. The molecule has 1 heterocycles. The first-order chi connectivity index (χ1) is 13.8. The summed E-state index contributed by atoms with van der Waals surface area (Å²) < 4.78 is 0. The summed E-state index contributed by atoms with van der Waals surface area (Å²) in [6.45, 7) is 10.1. The van der Waals surface area contributed by atoms with Crippen LogP contribution in [-0.2, 0) is 11.3 Å². The van der Waals surface area contributed by atoms with Crippen molar-refractivity contribution >= 4 is 25.2 Å². The van der Waals surface area contributed by atoms with Crippen molar-refractivity contribution in [3.8, 4) is 0 Å². The maximum Gasteiger partial charge on any atom is 0.451 e. The Morgan fingerprint density at radius 1 is 1.21 bits per heavy atom. The average molecular weight is 400 g/mol. The fourth-order valence-corrected chi connectivity index (χ4v) is 4.18. The number of aliphatic carboxylic acids is 1. The molecule has 0 aliphatic carbocycles. The van der Waals surface area contributed by atoms with Crippen molar-refractivity contribution in [2.45, 2.75) is 50.5 Å². The first-order valence-electron chi connectivity index (χ1n) is 10.3. The molecule has 0 aromatic heterocycles. The smallest absolute Gasteiger partial charge is 0.451 e. The largest absolute Gasteiger partial charge is 0.480 e. The highest BCUT2D eigenvalue weighted by Crippen LogP contribution is 2.32. The van der Waals surface area contributed by atoms with Crippen molar-refractivity contribution in [3.05, 3.63) is 48.0 Å². The van der Waals surface area contributed by atoms with Crippen LogP contribution >= 0.6 is 0 Å². The molecule has 1 atom stereocenters. The standard InChI is InChI=1S/C22H33BN2O4/c1-3-18-8-7-17(15-19(18)4-2)16-25-13-9-20(10-14-25)22(24,21(26)27)11-5-6-12-23(28)29/h3-4,7-8,15,20,28-29H,1-2,5-6,9-14,16,24H2,(H,26,27). The Hall–Kier alpha value is -1.93. The van der Waals surface area contributed by atoms with Crippen molar-refractivity contribution in [1.29, 1.82) is 0 Å². The number of hydrogen-bond acceptors (Lipinski definition) is 5. The van der Waals surface area contributed by atoms with E-state index >= 15 is 0 Å². The third kappa shape index (κ3) is 6.28. The maximum atomic E-state index is 11.9. The molecule has 1 fully saturated rings. The molecule has 1 aliphatic rings. The predicted octanol–water partition coefficient (Wildman–Crippen LogP) is 2.61. The van der Waals surface area contributed by atoms with Crippen LogP contribution in [0.2, 0.25) is 6.32 Å². The summed E-state index contributed by atoms with van der Waals surface area (Å²) in [5.74, 6) is -1.04. The zero-order valence-corrected chi connectivity index (χ0v) is 17.1. The lowest BCUT2D eigenvalue weighted by atomic mass is 9.74. The highest BCUT2D eigenvalue weighted by atomic mass is 16.4. The summed E-state index contributed by atoms with van der Waals surface area (Å²) >= 11 is 0. The number of piperidine rings is 1. The van der Waals surface area contributed by atoms with E-state index in [1.54, 1.807) is 0 Å². The Kier molecular flexibility index (Phi) is 8.65. The summed E-state index contributed by atoms with van der Waals surface area (Å²) in [7, 11) is -1.35. The molecular formula is C22H33BN2O4.